The van der Waals surface area contributed by atoms with E-state index in [1.165, 1.54) is 246 Å². The molecule has 18 aromatic rings. The highest BCUT2D eigenvalue weighted by molar-refractivity contribution is 6.15. The van der Waals surface area contributed by atoms with E-state index in [0.717, 1.165) is 71.0 Å². The van der Waals surface area contributed by atoms with E-state index in [-0.39, 0.29) is 16.2 Å². The molecule has 131 heavy (non-hydrogen) atoms. The summed E-state index contributed by atoms with van der Waals surface area (Å²) < 4.78 is 0. The van der Waals surface area contributed by atoms with Crippen LogP contribution in [0.25, 0.3) is 98.4 Å². The molecule has 0 heterocycles. The first-order valence-electron chi connectivity index (χ1n) is 49.5. The largest absolute Gasteiger partial charge is 0.310 e. The molecule has 3 spiro atoms. The van der Waals surface area contributed by atoms with Crippen LogP contribution in [0.15, 0.2) is 394 Å². The molecule has 3 heteroatoms. The van der Waals surface area contributed by atoms with Gasteiger partial charge in [0, 0.05) is 67.1 Å². The van der Waals surface area contributed by atoms with Crippen LogP contribution < -0.4 is 14.7 Å². The summed E-state index contributed by atoms with van der Waals surface area (Å²) in [4.78, 5) is 7.49. The molecule has 0 atom stereocenters. The Bertz CT molecular complexity index is 7520. The van der Waals surface area contributed by atoms with Crippen molar-refractivity contribution in [3.05, 3.63) is 428 Å². The number of para-hydroxylation sites is 3. The number of rotatable bonds is 10. The summed E-state index contributed by atoms with van der Waals surface area (Å²) in [5.74, 6) is 10.2. The van der Waals surface area contributed by atoms with Gasteiger partial charge < -0.3 is 14.7 Å². The predicted molar refractivity (Wildman–Crippen MR) is 546 cm³/mol. The summed E-state index contributed by atoms with van der Waals surface area (Å²) in [6.07, 6.45) is 21.3. The Morgan fingerprint density at radius 3 is 0.901 bits per heavy atom. The Balaban J connectivity index is 0.0000000986. The van der Waals surface area contributed by atoms with Gasteiger partial charge in [0.25, 0.3) is 0 Å². The topological polar surface area (TPSA) is 9.72 Å². The first kappa shape index (κ1) is 76.5. The highest BCUT2D eigenvalue weighted by Gasteiger charge is 2.65. The van der Waals surface area contributed by atoms with Crippen LogP contribution in [0.1, 0.15) is 130 Å². The Morgan fingerprint density at radius 1 is 0.160 bits per heavy atom. The normalized spacial score (nSPS) is 26.0. The van der Waals surface area contributed by atoms with E-state index >= 15 is 0 Å². The summed E-state index contributed by atoms with van der Waals surface area (Å²) in [7, 11) is 0. The number of hydrogen-bond acceptors (Lipinski definition) is 3. The lowest BCUT2D eigenvalue weighted by molar-refractivity contribution is -0.0399. The van der Waals surface area contributed by atoms with E-state index in [1.807, 2.05) is 0 Å². The Hall–Kier alpha value is -13.3. The number of nitrogens with zero attached hydrogens (tertiary/aromatic N) is 3. The van der Waals surface area contributed by atoms with Crippen molar-refractivity contribution in [1.82, 2.24) is 0 Å². The third-order valence-corrected chi connectivity index (χ3v) is 35.6. The molecule has 0 radical (unpaired) electrons. The van der Waals surface area contributed by atoms with Gasteiger partial charge in [-0.2, -0.15) is 0 Å². The third kappa shape index (κ3) is 11.5. The molecular formula is C128H107N3. The predicted octanol–water partition coefficient (Wildman–Crippen LogP) is 34.1. The molecule has 0 N–H and O–H groups in total. The summed E-state index contributed by atoms with van der Waals surface area (Å²) in [6, 6.07) is 149. The Labute approximate surface area is 770 Å². The minimum Gasteiger partial charge on any atom is -0.310 e. The lowest BCUT2D eigenvalue weighted by atomic mass is 9.43. The molecule has 0 aromatic heterocycles. The van der Waals surface area contributed by atoms with E-state index in [9.17, 15) is 0 Å². The van der Waals surface area contributed by atoms with Crippen molar-refractivity contribution < 1.29 is 0 Å². The van der Waals surface area contributed by atoms with Gasteiger partial charge in [0.2, 0.25) is 0 Å². The van der Waals surface area contributed by atoms with E-state index in [0.29, 0.717) is 0 Å². The van der Waals surface area contributed by atoms with Crippen LogP contribution in [0.3, 0.4) is 0 Å². The maximum atomic E-state index is 2.62. The summed E-state index contributed by atoms with van der Waals surface area (Å²) in [5, 5.41) is 13.0. The van der Waals surface area contributed by atoms with Gasteiger partial charge in [0.1, 0.15) is 0 Å². The minimum absolute atomic E-state index is 0.156. The van der Waals surface area contributed by atoms with Crippen molar-refractivity contribution in [2.45, 2.75) is 113 Å². The third-order valence-electron chi connectivity index (χ3n) is 35.6. The second-order valence-corrected chi connectivity index (χ2v) is 41.8. The van der Waals surface area contributed by atoms with E-state index in [4.69, 9.17) is 0 Å². The van der Waals surface area contributed by atoms with Gasteiger partial charge >= 0.3 is 0 Å². The summed E-state index contributed by atoms with van der Waals surface area (Å²) in [6.45, 7) is 0. The van der Waals surface area contributed by atoms with Crippen LogP contribution in [0.4, 0.5) is 51.2 Å². The van der Waals surface area contributed by atoms with Crippen LogP contribution in [-0.2, 0) is 16.2 Å². The van der Waals surface area contributed by atoms with Crippen LogP contribution in [-0.4, -0.2) is 0 Å². The number of benzene rings is 18. The second-order valence-electron chi connectivity index (χ2n) is 41.8. The average Bonchev–Trinajstić information content (AvgIpc) is 1.55. The van der Waals surface area contributed by atoms with E-state index in [2.05, 4.69) is 409 Å². The zero-order chi connectivity index (χ0) is 85.8. The van der Waals surface area contributed by atoms with Crippen molar-refractivity contribution >= 4 is 105 Å². The zero-order valence-corrected chi connectivity index (χ0v) is 74.4. The monoisotopic (exact) mass is 1690 g/mol. The van der Waals surface area contributed by atoms with Gasteiger partial charge in [-0.3, -0.25) is 0 Å². The second kappa shape index (κ2) is 29.8. The maximum absolute atomic E-state index is 2.62. The molecule has 15 aliphatic rings. The fraction of sp³-hybridized carbons (Fsp3) is 0.234. The Morgan fingerprint density at radius 2 is 0.443 bits per heavy atom. The summed E-state index contributed by atoms with van der Waals surface area (Å²) >= 11 is 0. The van der Waals surface area contributed by atoms with Gasteiger partial charge in [-0.15, -0.1) is 0 Å². The molecule has 33 rings (SSSR count). The molecule has 634 valence electrons. The van der Waals surface area contributed by atoms with E-state index < -0.39 is 0 Å². The average molecular weight is 1690 g/mol. The maximum Gasteiger partial charge on any atom is 0.0546 e. The van der Waals surface area contributed by atoms with Gasteiger partial charge in [-0.1, -0.05) is 291 Å². The molecule has 12 fully saturated rings. The van der Waals surface area contributed by atoms with Gasteiger partial charge in [-0.05, 0) is 397 Å². The van der Waals surface area contributed by atoms with E-state index in [1.54, 1.807) is 33.4 Å². The number of fused-ring (bicyclic) bond motifs is 16. The van der Waals surface area contributed by atoms with Gasteiger partial charge in [-0.25, -0.2) is 0 Å². The zero-order valence-electron chi connectivity index (χ0n) is 74.4. The number of hydrogen-bond donors (Lipinski definition) is 0. The van der Waals surface area contributed by atoms with Crippen LogP contribution in [0.5, 0.6) is 0 Å². The SMILES string of the molecule is c1ccc(N(c2ccc(-c3cccc4ccccc34)cc2)c2ccc3c(c2)C2(c4ccccc4-3)C3CC4CC(C3)CC2C4)cc1.c1ccc(N(c2ccc3c(c2)C2(c4ccccc4-3)C3CC4CC(C3)CC2C4)c2cc3ccccc3c3ccccc23)cc1.c1ccc(N(c2ccc3c(c2)C2(c4ccccc4-3)C3CC4CC(C3)CC2C4)c2ccc3c(ccc4ccccc43)c2)cc1. The molecule has 12 saturated carbocycles. The molecule has 12 bridgehead atoms. The molecule has 0 aliphatic heterocycles. The highest BCUT2D eigenvalue weighted by atomic mass is 15.2. The molecule has 0 saturated heterocycles. The highest BCUT2D eigenvalue weighted by Crippen LogP contribution is 2.74. The first-order chi connectivity index (χ1) is 64.8. The Kier molecular flexibility index (Phi) is 17.4. The fourth-order valence-corrected chi connectivity index (χ4v) is 31.5. The number of anilines is 9. The molecule has 3 nitrogen and oxygen atoms in total. The van der Waals surface area contributed by atoms with Crippen molar-refractivity contribution in [2.24, 2.45) is 71.0 Å². The molecule has 0 amide bonds. The van der Waals surface area contributed by atoms with Gasteiger partial charge in [0.05, 0.1) is 5.69 Å². The van der Waals surface area contributed by atoms with Crippen molar-refractivity contribution in [3.63, 3.8) is 0 Å². The lowest BCUT2D eigenvalue weighted by Crippen LogP contribution is -2.55. The van der Waals surface area contributed by atoms with Crippen molar-refractivity contribution in [2.75, 3.05) is 14.7 Å². The molecule has 18 aromatic carbocycles. The smallest absolute Gasteiger partial charge is 0.0546 e. The van der Waals surface area contributed by atoms with Gasteiger partial charge in [0.15, 0.2) is 0 Å². The van der Waals surface area contributed by atoms with Crippen LogP contribution >= 0.6 is 0 Å². The lowest BCUT2D eigenvalue weighted by Gasteiger charge is -2.61. The standard InChI is InChI=1S/C44H37N.2C42H35N/c1-2-11-35(12-3-1)45(36-19-17-32(18-20-36)39-15-8-10-31-9-4-5-13-38(31)39)37-21-22-41-40-14-6-7-16-42(40)44(43(41)28-37)33-24-29-23-30(26-33)27-34(44)25-29;1-2-11-32(12-3-1)43(41-25-29-10-4-5-13-34(29)35-14-6-7-16-38(35)41)33-18-19-37-36-15-8-9-17-39(36)42(40(37)26-33)30-21-27-20-28(23-30)24-31(42)22-27;1-2-9-33(10-3-1)43(34-16-18-37-30(25-34)15-14-29-8-4-5-11-36(29)37)35-17-19-39-38-12-6-7-13-40(38)42(41(39)26-35)31-21-27-20-28(23-31)24-32(42)22-27/h1-22,28-30,33-34H,23-27H2;1-19,25-28,30-31H,20-24H2;1-19,25-28,31-32H,20-24H2. The molecular weight excluding hydrogens is 1580 g/mol. The minimum atomic E-state index is 0.156. The summed E-state index contributed by atoms with van der Waals surface area (Å²) in [5.41, 5.74) is 32.6. The quantitative estimate of drug-likeness (QED) is 0.126. The van der Waals surface area contributed by atoms with Crippen molar-refractivity contribution in [3.8, 4) is 44.5 Å². The molecule has 15 aliphatic carbocycles. The fourth-order valence-electron chi connectivity index (χ4n) is 31.5. The van der Waals surface area contributed by atoms with Crippen molar-refractivity contribution in [1.29, 1.82) is 0 Å². The van der Waals surface area contributed by atoms with Crippen LogP contribution in [0.2, 0.25) is 0 Å². The van der Waals surface area contributed by atoms with Crippen LogP contribution in [0, 0.1) is 71.0 Å². The first-order valence-corrected chi connectivity index (χ1v) is 49.5. The molecule has 0 unspecified atom stereocenters.